The van der Waals surface area contributed by atoms with Crippen LogP contribution in [-0.4, -0.2) is 22.0 Å². The molecule has 2 aromatic carbocycles. The van der Waals surface area contributed by atoms with Crippen molar-refractivity contribution in [2.24, 2.45) is 0 Å². The van der Waals surface area contributed by atoms with E-state index in [1.807, 2.05) is 31.3 Å². The molecule has 19 heavy (non-hydrogen) atoms. The van der Waals surface area contributed by atoms with Crippen molar-refractivity contribution in [3.63, 3.8) is 0 Å². The van der Waals surface area contributed by atoms with Gasteiger partial charge in [-0.15, -0.1) is 10.2 Å². The summed E-state index contributed by atoms with van der Waals surface area (Å²) >= 11 is 6.10. The zero-order chi connectivity index (χ0) is 13.4. The van der Waals surface area contributed by atoms with Gasteiger partial charge in [0.15, 0.2) is 0 Å². The Kier molecular flexibility index (Phi) is 2.76. The van der Waals surface area contributed by atoms with Crippen molar-refractivity contribution in [2.75, 3.05) is 18.1 Å². The standard InChI is InChI=1S/C13H12ClN5/c1-16-9-2-4-10(5-3-9)19-17-12-7-8(15)6-11(14)13(12)18-19/h2-7,16H,15H2,1H3. The number of anilines is 2. The summed E-state index contributed by atoms with van der Waals surface area (Å²) in [5, 5.41) is 12.3. The maximum Gasteiger partial charge on any atom is 0.132 e. The van der Waals surface area contributed by atoms with Gasteiger partial charge < -0.3 is 11.1 Å². The first-order valence-electron chi connectivity index (χ1n) is 5.77. The quantitative estimate of drug-likeness (QED) is 0.705. The second-order valence-electron chi connectivity index (χ2n) is 4.16. The number of aromatic nitrogens is 3. The van der Waals surface area contributed by atoms with Gasteiger partial charge in [-0.1, -0.05) is 11.6 Å². The van der Waals surface area contributed by atoms with Crippen LogP contribution in [0.25, 0.3) is 16.7 Å². The Labute approximate surface area is 115 Å². The van der Waals surface area contributed by atoms with E-state index < -0.39 is 0 Å². The lowest BCUT2D eigenvalue weighted by Gasteiger charge is -2.01. The molecule has 1 heterocycles. The minimum Gasteiger partial charge on any atom is -0.399 e. The van der Waals surface area contributed by atoms with Gasteiger partial charge in [0, 0.05) is 18.4 Å². The summed E-state index contributed by atoms with van der Waals surface area (Å²) in [7, 11) is 1.87. The molecule has 3 N–H and O–H groups in total. The van der Waals surface area contributed by atoms with Crippen LogP contribution in [-0.2, 0) is 0 Å². The van der Waals surface area contributed by atoms with Crippen LogP contribution in [0.1, 0.15) is 0 Å². The van der Waals surface area contributed by atoms with Crippen LogP contribution in [0.2, 0.25) is 5.02 Å². The largest absolute Gasteiger partial charge is 0.399 e. The van der Waals surface area contributed by atoms with Gasteiger partial charge in [-0.2, -0.15) is 4.80 Å². The zero-order valence-electron chi connectivity index (χ0n) is 10.3. The van der Waals surface area contributed by atoms with E-state index in [1.165, 1.54) is 0 Å². The molecule has 0 fully saturated rings. The summed E-state index contributed by atoms with van der Waals surface area (Å²) in [6, 6.07) is 11.2. The topological polar surface area (TPSA) is 68.8 Å². The van der Waals surface area contributed by atoms with E-state index in [1.54, 1.807) is 16.9 Å². The third kappa shape index (κ3) is 2.08. The van der Waals surface area contributed by atoms with Gasteiger partial charge in [-0.25, -0.2) is 0 Å². The van der Waals surface area contributed by atoms with E-state index in [0.717, 1.165) is 11.4 Å². The number of hydrogen-bond acceptors (Lipinski definition) is 4. The van der Waals surface area contributed by atoms with Crippen LogP contribution in [0.15, 0.2) is 36.4 Å². The van der Waals surface area contributed by atoms with Crippen LogP contribution in [0.5, 0.6) is 0 Å². The molecular weight excluding hydrogens is 262 g/mol. The molecule has 3 rings (SSSR count). The van der Waals surface area contributed by atoms with Gasteiger partial charge in [0.1, 0.15) is 11.0 Å². The first-order chi connectivity index (χ1) is 9.17. The number of rotatable bonds is 2. The highest BCUT2D eigenvalue weighted by atomic mass is 35.5. The molecular formula is C13H12ClN5. The molecule has 0 atom stereocenters. The number of nitrogens with two attached hydrogens (primary N) is 1. The molecule has 0 spiro atoms. The first-order valence-corrected chi connectivity index (χ1v) is 6.15. The third-order valence-corrected chi connectivity index (χ3v) is 3.14. The number of nitrogen functional groups attached to an aromatic ring is 1. The molecule has 0 unspecified atom stereocenters. The Morgan fingerprint density at radius 2 is 1.89 bits per heavy atom. The predicted octanol–water partition coefficient (Wildman–Crippen LogP) is 2.70. The van der Waals surface area contributed by atoms with Gasteiger partial charge in [-0.3, -0.25) is 0 Å². The van der Waals surface area contributed by atoms with Crippen molar-refractivity contribution in [2.45, 2.75) is 0 Å². The van der Waals surface area contributed by atoms with Crippen LogP contribution in [0.3, 0.4) is 0 Å². The van der Waals surface area contributed by atoms with Gasteiger partial charge >= 0.3 is 0 Å². The Balaban J connectivity index is 2.12. The summed E-state index contributed by atoms with van der Waals surface area (Å²) in [5.74, 6) is 0. The van der Waals surface area contributed by atoms with Gasteiger partial charge in [0.05, 0.1) is 10.7 Å². The lowest BCUT2D eigenvalue weighted by atomic mass is 10.3. The molecule has 3 aromatic rings. The maximum atomic E-state index is 6.10. The minimum absolute atomic E-state index is 0.507. The highest BCUT2D eigenvalue weighted by Crippen LogP contribution is 2.24. The lowest BCUT2D eigenvalue weighted by molar-refractivity contribution is 0.766. The maximum absolute atomic E-state index is 6.10. The lowest BCUT2D eigenvalue weighted by Crippen LogP contribution is -1.98. The fourth-order valence-corrected chi connectivity index (χ4v) is 2.14. The zero-order valence-corrected chi connectivity index (χ0v) is 11.0. The first kappa shape index (κ1) is 11.8. The molecule has 0 saturated heterocycles. The molecule has 0 amide bonds. The summed E-state index contributed by atoms with van der Waals surface area (Å²) in [5.41, 5.74) is 9.55. The van der Waals surface area contributed by atoms with Gasteiger partial charge in [0.2, 0.25) is 0 Å². The molecule has 5 nitrogen and oxygen atoms in total. The second-order valence-corrected chi connectivity index (χ2v) is 4.56. The number of hydrogen-bond donors (Lipinski definition) is 2. The minimum atomic E-state index is 0.507. The Morgan fingerprint density at radius 1 is 1.16 bits per heavy atom. The molecule has 0 saturated carbocycles. The van der Waals surface area contributed by atoms with Crippen molar-refractivity contribution < 1.29 is 0 Å². The third-order valence-electron chi connectivity index (χ3n) is 2.85. The number of nitrogens with one attached hydrogen (secondary N) is 1. The molecule has 0 aliphatic rings. The fourth-order valence-electron chi connectivity index (χ4n) is 1.88. The number of halogens is 1. The average molecular weight is 274 g/mol. The Bertz CT molecular complexity index is 733. The predicted molar refractivity (Wildman–Crippen MR) is 77.8 cm³/mol. The molecule has 1 aromatic heterocycles. The van der Waals surface area contributed by atoms with E-state index in [2.05, 4.69) is 15.5 Å². The van der Waals surface area contributed by atoms with Crippen LogP contribution < -0.4 is 11.1 Å². The highest BCUT2D eigenvalue weighted by Gasteiger charge is 2.09. The molecule has 0 bridgehead atoms. The smallest absolute Gasteiger partial charge is 0.132 e. The van der Waals surface area contributed by atoms with E-state index in [-0.39, 0.29) is 0 Å². The van der Waals surface area contributed by atoms with Crippen LogP contribution in [0.4, 0.5) is 11.4 Å². The van der Waals surface area contributed by atoms with Crippen molar-refractivity contribution in [3.8, 4) is 5.69 Å². The normalized spacial score (nSPS) is 10.8. The van der Waals surface area contributed by atoms with Gasteiger partial charge in [0.25, 0.3) is 0 Å². The van der Waals surface area contributed by atoms with E-state index in [4.69, 9.17) is 17.3 Å². The molecule has 6 heteroatoms. The number of fused-ring (bicyclic) bond motifs is 1. The number of benzene rings is 2. The Morgan fingerprint density at radius 3 is 2.58 bits per heavy atom. The SMILES string of the molecule is CNc1ccc(-n2nc3cc(N)cc(Cl)c3n2)cc1. The molecule has 0 aliphatic carbocycles. The van der Waals surface area contributed by atoms with Gasteiger partial charge in [-0.05, 0) is 36.4 Å². The summed E-state index contributed by atoms with van der Waals surface area (Å²) in [6.45, 7) is 0. The average Bonchev–Trinajstić information content (AvgIpc) is 2.83. The van der Waals surface area contributed by atoms with E-state index >= 15 is 0 Å². The van der Waals surface area contributed by atoms with Crippen LogP contribution >= 0.6 is 11.6 Å². The molecule has 96 valence electrons. The highest BCUT2D eigenvalue weighted by molar-refractivity contribution is 6.35. The monoisotopic (exact) mass is 273 g/mol. The molecule has 0 aliphatic heterocycles. The van der Waals surface area contributed by atoms with Crippen molar-refractivity contribution >= 4 is 34.0 Å². The summed E-state index contributed by atoms with van der Waals surface area (Å²) in [4.78, 5) is 1.55. The van der Waals surface area contributed by atoms with Crippen molar-refractivity contribution in [3.05, 3.63) is 41.4 Å². The van der Waals surface area contributed by atoms with E-state index in [9.17, 15) is 0 Å². The van der Waals surface area contributed by atoms with Crippen molar-refractivity contribution in [1.29, 1.82) is 0 Å². The van der Waals surface area contributed by atoms with E-state index in [0.29, 0.717) is 21.7 Å². The van der Waals surface area contributed by atoms with Crippen LogP contribution in [0, 0.1) is 0 Å². The van der Waals surface area contributed by atoms with Crippen molar-refractivity contribution in [1.82, 2.24) is 15.0 Å². The second kappa shape index (κ2) is 4.44. The number of nitrogens with zero attached hydrogens (tertiary/aromatic N) is 3. The summed E-state index contributed by atoms with van der Waals surface area (Å²) < 4.78 is 0. The molecule has 0 radical (unpaired) electrons. The Hall–Kier alpha value is -2.27. The fraction of sp³-hybridized carbons (Fsp3) is 0.0769. The summed E-state index contributed by atoms with van der Waals surface area (Å²) in [6.07, 6.45) is 0.